The normalized spacial score (nSPS) is 29.2. The molecular weight excluding hydrogens is 318 g/mol. The number of nitrogens with zero attached hydrogens (tertiary/aromatic N) is 3. The van der Waals surface area contributed by atoms with Crippen molar-refractivity contribution in [2.75, 3.05) is 32.8 Å². The number of carbonyl (C=O) groups excluding carboxylic acids is 2. The molecule has 4 rings (SSSR count). The molecule has 0 radical (unpaired) electrons. The zero-order valence-corrected chi connectivity index (χ0v) is 14.7. The first-order valence-electron chi connectivity index (χ1n) is 9.24. The molecule has 134 valence electrons. The first-order chi connectivity index (χ1) is 12.1. The minimum Gasteiger partial charge on any atom is -0.376 e. The number of fused-ring (bicyclic) bond motifs is 1. The van der Waals surface area contributed by atoms with E-state index in [4.69, 9.17) is 4.74 Å². The average Bonchev–Trinajstić information content (AvgIpc) is 3.21. The Kier molecular flexibility index (Phi) is 4.46. The van der Waals surface area contributed by atoms with E-state index in [1.54, 1.807) is 6.07 Å². The van der Waals surface area contributed by atoms with E-state index in [1.807, 2.05) is 28.9 Å². The number of likely N-dealkylation sites (tertiary alicyclic amines) is 2. The fourth-order valence-corrected chi connectivity index (χ4v) is 4.34. The van der Waals surface area contributed by atoms with Crippen LogP contribution < -0.4 is 0 Å². The molecule has 2 amide bonds. The summed E-state index contributed by atoms with van der Waals surface area (Å²) in [5.74, 6) is 1.05. The standard InChI is InChI=1S/C19H25N3O3/c1-13-4-2-5-16(20-13)19(24)22-9-7-14-12-25-17(15(14)10-22)11-21-8-3-6-18(21)23/h2,4-5,14-15,17H,3,6-12H2,1H3/t14-,15-,17+/m0/s1. The van der Waals surface area contributed by atoms with Gasteiger partial charge in [-0.3, -0.25) is 9.59 Å². The number of pyridine rings is 1. The third-order valence-electron chi connectivity index (χ3n) is 5.77. The predicted octanol–water partition coefficient (Wildman–Crippen LogP) is 1.49. The molecule has 4 heterocycles. The van der Waals surface area contributed by atoms with Crippen molar-refractivity contribution in [3.05, 3.63) is 29.6 Å². The van der Waals surface area contributed by atoms with Gasteiger partial charge in [0.2, 0.25) is 5.91 Å². The molecule has 0 aliphatic carbocycles. The molecule has 6 heteroatoms. The van der Waals surface area contributed by atoms with Gasteiger partial charge in [0.05, 0.1) is 12.7 Å². The lowest BCUT2D eigenvalue weighted by atomic mass is 9.84. The number of hydrogen-bond acceptors (Lipinski definition) is 4. The molecule has 3 saturated heterocycles. The lowest BCUT2D eigenvalue weighted by Gasteiger charge is -2.36. The Morgan fingerprint density at radius 1 is 1.36 bits per heavy atom. The molecule has 0 bridgehead atoms. The fourth-order valence-electron chi connectivity index (χ4n) is 4.34. The molecule has 0 unspecified atom stereocenters. The van der Waals surface area contributed by atoms with E-state index < -0.39 is 0 Å². The van der Waals surface area contributed by atoms with E-state index in [1.165, 1.54) is 0 Å². The van der Waals surface area contributed by atoms with Crippen molar-refractivity contribution in [3.63, 3.8) is 0 Å². The molecule has 0 saturated carbocycles. The van der Waals surface area contributed by atoms with Crippen molar-refractivity contribution in [1.29, 1.82) is 0 Å². The van der Waals surface area contributed by atoms with Crippen molar-refractivity contribution in [1.82, 2.24) is 14.8 Å². The van der Waals surface area contributed by atoms with Crippen LogP contribution in [0.15, 0.2) is 18.2 Å². The molecule has 1 aromatic heterocycles. The van der Waals surface area contributed by atoms with Gasteiger partial charge in [-0.25, -0.2) is 4.98 Å². The van der Waals surface area contributed by atoms with Gasteiger partial charge in [-0.1, -0.05) is 6.07 Å². The van der Waals surface area contributed by atoms with Crippen LogP contribution in [-0.2, 0) is 9.53 Å². The van der Waals surface area contributed by atoms with Gasteiger partial charge in [0.1, 0.15) is 5.69 Å². The summed E-state index contributed by atoms with van der Waals surface area (Å²) < 4.78 is 6.02. The van der Waals surface area contributed by atoms with E-state index in [0.717, 1.165) is 38.2 Å². The van der Waals surface area contributed by atoms with E-state index in [9.17, 15) is 9.59 Å². The molecule has 25 heavy (non-hydrogen) atoms. The Balaban J connectivity index is 1.44. The maximum absolute atomic E-state index is 12.8. The maximum atomic E-state index is 12.8. The van der Waals surface area contributed by atoms with Crippen LogP contribution in [-0.4, -0.2) is 65.5 Å². The lowest BCUT2D eigenvalue weighted by Crippen LogP contribution is -2.47. The lowest BCUT2D eigenvalue weighted by molar-refractivity contribution is -0.129. The van der Waals surface area contributed by atoms with E-state index in [2.05, 4.69) is 4.98 Å². The van der Waals surface area contributed by atoms with Crippen LogP contribution in [0.1, 0.15) is 35.4 Å². The van der Waals surface area contributed by atoms with Gasteiger partial charge >= 0.3 is 0 Å². The first kappa shape index (κ1) is 16.5. The van der Waals surface area contributed by atoms with Gasteiger partial charge in [-0.2, -0.15) is 0 Å². The summed E-state index contributed by atoms with van der Waals surface area (Å²) in [6.45, 7) is 5.62. The molecule has 3 aliphatic rings. The number of amides is 2. The Morgan fingerprint density at radius 2 is 2.24 bits per heavy atom. The third-order valence-corrected chi connectivity index (χ3v) is 5.77. The molecular formula is C19H25N3O3. The summed E-state index contributed by atoms with van der Waals surface area (Å²) in [7, 11) is 0. The minimum absolute atomic E-state index is 0.00467. The molecule has 1 aromatic rings. The van der Waals surface area contributed by atoms with Crippen molar-refractivity contribution in [2.24, 2.45) is 11.8 Å². The Bertz CT molecular complexity index is 678. The summed E-state index contributed by atoms with van der Waals surface area (Å²) in [6.07, 6.45) is 2.62. The summed E-state index contributed by atoms with van der Waals surface area (Å²) in [6, 6.07) is 5.56. The van der Waals surface area contributed by atoms with Crippen molar-refractivity contribution < 1.29 is 14.3 Å². The van der Waals surface area contributed by atoms with Crippen molar-refractivity contribution in [2.45, 2.75) is 32.3 Å². The molecule has 0 spiro atoms. The van der Waals surface area contributed by atoms with E-state index >= 15 is 0 Å². The van der Waals surface area contributed by atoms with Gasteiger partial charge in [0.15, 0.2) is 0 Å². The van der Waals surface area contributed by atoms with Crippen LogP contribution in [0.5, 0.6) is 0 Å². The van der Waals surface area contributed by atoms with Gasteiger partial charge in [-0.05, 0) is 37.8 Å². The summed E-state index contributed by atoms with van der Waals surface area (Å²) in [5.41, 5.74) is 1.37. The van der Waals surface area contributed by atoms with Crippen molar-refractivity contribution >= 4 is 11.8 Å². The second-order valence-corrected chi connectivity index (χ2v) is 7.44. The Hall–Kier alpha value is -1.95. The largest absolute Gasteiger partial charge is 0.376 e. The zero-order chi connectivity index (χ0) is 17.4. The van der Waals surface area contributed by atoms with Crippen LogP contribution in [0, 0.1) is 18.8 Å². The molecule has 0 N–H and O–H groups in total. The highest BCUT2D eigenvalue weighted by Gasteiger charge is 2.43. The number of aromatic nitrogens is 1. The van der Waals surface area contributed by atoms with E-state index in [0.29, 0.717) is 37.0 Å². The first-order valence-corrected chi connectivity index (χ1v) is 9.24. The quantitative estimate of drug-likeness (QED) is 0.834. The zero-order valence-electron chi connectivity index (χ0n) is 14.7. The van der Waals surface area contributed by atoms with Crippen LogP contribution in [0.3, 0.4) is 0 Å². The molecule has 0 aromatic carbocycles. The fraction of sp³-hybridized carbons (Fsp3) is 0.632. The van der Waals surface area contributed by atoms with Crippen LogP contribution in [0.2, 0.25) is 0 Å². The van der Waals surface area contributed by atoms with Gasteiger partial charge < -0.3 is 14.5 Å². The Labute approximate surface area is 148 Å². The van der Waals surface area contributed by atoms with Crippen LogP contribution in [0.4, 0.5) is 0 Å². The summed E-state index contributed by atoms with van der Waals surface area (Å²) in [5, 5.41) is 0. The molecule has 3 atom stereocenters. The summed E-state index contributed by atoms with van der Waals surface area (Å²) in [4.78, 5) is 32.9. The highest BCUT2D eigenvalue weighted by atomic mass is 16.5. The number of hydrogen-bond donors (Lipinski definition) is 0. The monoisotopic (exact) mass is 343 g/mol. The van der Waals surface area contributed by atoms with Crippen molar-refractivity contribution in [3.8, 4) is 0 Å². The number of ether oxygens (including phenoxy) is 1. The van der Waals surface area contributed by atoms with Crippen LogP contribution in [0.25, 0.3) is 0 Å². The van der Waals surface area contributed by atoms with E-state index in [-0.39, 0.29) is 17.9 Å². The smallest absolute Gasteiger partial charge is 0.272 e. The number of carbonyl (C=O) groups is 2. The SMILES string of the molecule is Cc1cccc(C(=O)N2CC[C@H]3CO[C@H](CN4CCCC4=O)[C@H]3C2)n1. The molecule has 6 nitrogen and oxygen atoms in total. The van der Waals surface area contributed by atoms with Crippen LogP contribution >= 0.6 is 0 Å². The highest BCUT2D eigenvalue weighted by Crippen LogP contribution is 2.35. The van der Waals surface area contributed by atoms with Gasteiger partial charge in [0.25, 0.3) is 5.91 Å². The molecule has 3 aliphatic heterocycles. The highest BCUT2D eigenvalue weighted by molar-refractivity contribution is 5.92. The number of aryl methyl sites for hydroxylation is 1. The second kappa shape index (κ2) is 6.75. The maximum Gasteiger partial charge on any atom is 0.272 e. The minimum atomic E-state index is 0.00467. The van der Waals surface area contributed by atoms with Gasteiger partial charge in [0, 0.05) is 44.2 Å². The predicted molar refractivity (Wildman–Crippen MR) is 92.0 cm³/mol. The topological polar surface area (TPSA) is 62.7 Å². The average molecular weight is 343 g/mol. The summed E-state index contributed by atoms with van der Waals surface area (Å²) >= 11 is 0. The number of rotatable bonds is 3. The third kappa shape index (κ3) is 3.27. The number of piperidine rings is 1. The van der Waals surface area contributed by atoms with Gasteiger partial charge in [-0.15, -0.1) is 0 Å². The Morgan fingerprint density at radius 3 is 3.00 bits per heavy atom. The second-order valence-electron chi connectivity index (χ2n) is 7.44. The molecule has 3 fully saturated rings.